The van der Waals surface area contributed by atoms with E-state index in [0.29, 0.717) is 10.0 Å². The highest BCUT2D eigenvalue weighted by molar-refractivity contribution is 6.42. The number of hydrogen-bond donors (Lipinski definition) is 1. The van der Waals surface area contributed by atoms with Gasteiger partial charge in [0.15, 0.2) is 0 Å². The summed E-state index contributed by atoms with van der Waals surface area (Å²) in [5, 5.41) is 4.21. The molecule has 0 aliphatic rings. The van der Waals surface area contributed by atoms with Crippen molar-refractivity contribution in [2.24, 2.45) is 0 Å². The number of esters is 1. The van der Waals surface area contributed by atoms with Gasteiger partial charge in [-0.3, -0.25) is 10.1 Å². The fourth-order valence-corrected chi connectivity index (χ4v) is 2.03. The monoisotopic (exact) mass is 289 g/mol. The third-order valence-electron chi connectivity index (χ3n) is 2.72. The minimum Gasteiger partial charge on any atom is -0.468 e. The normalized spacial score (nSPS) is 13.2. The van der Waals surface area contributed by atoms with E-state index in [9.17, 15) is 4.79 Å². The summed E-state index contributed by atoms with van der Waals surface area (Å²) in [5.74, 6) is -0.311. The van der Waals surface area contributed by atoms with Crippen molar-refractivity contribution >= 4 is 29.2 Å². The standard InChI is InChI=1S/C13H17Cl2NO2/c1-8(16-13(2,3)12(17)18-4)9-5-6-10(14)11(15)7-9/h5-8,16H,1-4H3. The first kappa shape index (κ1) is 15.3. The Labute approximate surface area is 117 Å². The second-order valence-corrected chi connectivity index (χ2v) is 5.47. The van der Waals surface area contributed by atoms with Gasteiger partial charge in [0, 0.05) is 6.04 Å². The molecule has 1 aromatic carbocycles. The Morgan fingerprint density at radius 2 is 1.94 bits per heavy atom. The molecule has 0 aromatic heterocycles. The Bertz CT molecular complexity index is 447. The maximum atomic E-state index is 11.6. The SMILES string of the molecule is COC(=O)C(C)(C)NC(C)c1ccc(Cl)c(Cl)c1. The Morgan fingerprint density at radius 3 is 2.44 bits per heavy atom. The predicted molar refractivity (Wildman–Crippen MR) is 74.1 cm³/mol. The van der Waals surface area contributed by atoms with Crippen LogP contribution in [0.4, 0.5) is 0 Å². The summed E-state index contributed by atoms with van der Waals surface area (Å²) in [7, 11) is 1.37. The lowest BCUT2D eigenvalue weighted by molar-refractivity contribution is -0.147. The largest absolute Gasteiger partial charge is 0.468 e. The molecule has 0 saturated heterocycles. The van der Waals surface area contributed by atoms with Gasteiger partial charge in [-0.25, -0.2) is 0 Å². The summed E-state index contributed by atoms with van der Waals surface area (Å²) in [6.07, 6.45) is 0. The molecular weight excluding hydrogens is 273 g/mol. The number of nitrogens with one attached hydrogen (secondary N) is 1. The second kappa shape index (κ2) is 5.91. The molecule has 0 radical (unpaired) electrons. The minimum absolute atomic E-state index is 0.0473. The van der Waals surface area contributed by atoms with Gasteiger partial charge in [-0.1, -0.05) is 29.3 Å². The average molecular weight is 290 g/mol. The third kappa shape index (κ3) is 3.61. The second-order valence-electron chi connectivity index (χ2n) is 4.66. The summed E-state index contributed by atoms with van der Waals surface area (Å²) in [6, 6.07) is 5.35. The molecule has 0 amide bonds. The quantitative estimate of drug-likeness (QED) is 0.861. The van der Waals surface area contributed by atoms with Crippen LogP contribution in [0.2, 0.25) is 10.0 Å². The molecule has 0 spiro atoms. The lowest BCUT2D eigenvalue weighted by atomic mass is 10.0. The summed E-state index contributed by atoms with van der Waals surface area (Å²) in [4.78, 5) is 11.6. The van der Waals surface area contributed by atoms with Crippen LogP contribution in [0.15, 0.2) is 18.2 Å². The molecule has 1 N–H and O–H groups in total. The molecule has 0 aliphatic carbocycles. The number of carbonyl (C=O) groups is 1. The Balaban J connectivity index is 2.85. The molecule has 100 valence electrons. The molecule has 0 saturated carbocycles. The highest BCUT2D eigenvalue weighted by atomic mass is 35.5. The predicted octanol–water partition coefficient (Wildman–Crippen LogP) is 3.60. The van der Waals surface area contributed by atoms with Crippen molar-refractivity contribution in [3.63, 3.8) is 0 Å². The van der Waals surface area contributed by atoms with Crippen LogP contribution in [0.3, 0.4) is 0 Å². The molecule has 1 aromatic rings. The molecule has 3 nitrogen and oxygen atoms in total. The first-order valence-corrected chi connectivity index (χ1v) is 6.34. The molecule has 0 fully saturated rings. The van der Waals surface area contributed by atoms with E-state index in [1.54, 1.807) is 26.0 Å². The van der Waals surface area contributed by atoms with Crippen LogP contribution in [0, 0.1) is 0 Å². The van der Waals surface area contributed by atoms with Crippen molar-refractivity contribution in [3.8, 4) is 0 Å². The van der Waals surface area contributed by atoms with Gasteiger partial charge in [0.05, 0.1) is 17.2 Å². The molecule has 5 heteroatoms. The van der Waals surface area contributed by atoms with Crippen molar-refractivity contribution in [3.05, 3.63) is 33.8 Å². The van der Waals surface area contributed by atoms with Gasteiger partial charge >= 0.3 is 5.97 Å². The number of halogens is 2. The average Bonchev–Trinajstić information content (AvgIpc) is 2.30. The van der Waals surface area contributed by atoms with E-state index in [4.69, 9.17) is 27.9 Å². The fourth-order valence-electron chi connectivity index (χ4n) is 1.72. The zero-order chi connectivity index (χ0) is 13.9. The molecule has 0 bridgehead atoms. The molecule has 18 heavy (non-hydrogen) atoms. The highest BCUT2D eigenvalue weighted by Gasteiger charge is 2.30. The van der Waals surface area contributed by atoms with Crippen molar-refractivity contribution in [2.75, 3.05) is 7.11 Å². The number of carbonyl (C=O) groups excluding carboxylic acids is 1. The highest BCUT2D eigenvalue weighted by Crippen LogP contribution is 2.26. The van der Waals surface area contributed by atoms with Crippen LogP contribution in [0.5, 0.6) is 0 Å². The van der Waals surface area contributed by atoms with E-state index >= 15 is 0 Å². The number of hydrogen-bond acceptors (Lipinski definition) is 3. The van der Waals surface area contributed by atoms with E-state index in [0.717, 1.165) is 5.56 Å². The summed E-state index contributed by atoms with van der Waals surface area (Å²) in [6.45, 7) is 5.49. The third-order valence-corrected chi connectivity index (χ3v) is 3.46. The van der Waals surface area contributed by atoms with Gasteiger partial charge in [0.2, 0.25) is 0 Å². The van der Waals surface area contributed by atoms with Gasteiger partial charge in [0.25, 0.3) is 0 Å². The lowest BCUT2D eigenvalue weighted by Crippen LogP contribution is -2.48. The van der Waals surface area contributed by atoms with Gasteiger partial charge in [-0.2, -0.15) is 0 Å². The Morgan fingerprint density at radius 1 is 1.33 bits per heavy atom. The summed E-state index contributed by atoms with van der Waals surface area (Å²) in [5.41, 5.74) is 0.196. The van der Waals surface area contributed by atoms with Crippen LogP contribution < -0.4 is 5.32 Å². The molecule has 0 aliphatic heterocycles. The lowest BCUT2D eigenvalue weighted by Gasteiger charge is -2.27. The zero-order valence-electron chi connectivity index (χ0n) is 10.9. The molecule has 1 atom stereocenters. The smallest absolute Gasteiger partial charge is 0.325 e. The van der Waals surface area contributed by atoms with Crippen LogP contribution in [-0.4, -0.2) is 18.6 Å². The Kier molecular flexibility index (Phi) is 5.02. The number of ether oxygens (including phenoxy) is 1. The van der Waals surface area contributed by atoms with Gasteiger partial charge in [0.1, 0.15) is 5.54 Å². The van der Waals surface area contributed by atoms with Crippen LogP contribution in [0.1, 0.15) is 32.4 Å². The van der Waals surface area contributed by atoms with Gasteiger partial charge in [-0.15, -0.1) is 0 Å². The molecule has 0 heterocycles. The van der Waals surface area contributed by atoms with E-state index in [2.05, 4.69) is 5.32 Å². The van der Waals surface area contributed by atoms with E-state index in [1.165, 1.54) is 7.11 Å². The van der Waals surface area contributed by atoms with Crippen molar-refractivity contribution < 1.29 is 9.53 Å². The van der Waals surface area contributed by atoms with Crippen LogP contribution >= 0.6 is 23.2 Å². The van der Waals surface area contributed by atoms with Crippen molar-refractivity contribution in [1.82, 2.24) is 5.32 Å². The molecule has 1 rings (SSSR count). The molecular formula is C13H17Cl2NO2. The Hall–Kier alpha value is -0.770. The molecule has 1 unspecified atom stereocenters. The van der Waals surface area contributed by atoms with Gasteiger partial charge in [-0.05, 0) is 38.5 Å². The van der Waals surface area contributed by atoms with Crippen molar-refractivity contribution in [2.45, 2.75) is 32.4 Å². The van der Waals surface area contributed by atoms with E-state index in [1.807, 2.05) is 13.0 Å². The first-order valence-electron chi connectivity index (χ1n) is 5.59. The summed E-state index contributed by atoms with van der Waals surface area (Å²) >= 11 is 11.8. The number of rotatable bonds is 4. The van der Waals surface area contributed by atoms with Crippen molar-refractivity contribution in [1.29, 1.82) is 0 Å². The van der Waals surface area contributed by atoms with Gasteiger partial charge < -0.3 is 4.74 Å². The topological polar surface area (TPSA) is 38.3 Å². The fraction of sp³-hybridized carbons (Fsp3) is 0.462. The van der Waals surface area contributed by atoms with Crippen LogP contribution in [-0.2, 0) is 9.53 Å². The zero-order valence-corrected chi connectivity index (χ0v) is 12.4. The van der Waals surface area contributed by atoms with Crippen LogP contribution in [0.25, 0.3) is 0 Å². The minimum atomic E-state index is -0.764. The number of methoxy groups -OCH3 is 1. The first-order chi connectivity index (χ1) is 8.27. The van der Waals surface area contributed by atoms with E-state index in [-0.39, 0.29) is 12.0 Å². The maximum Gasteiger partial charge on any atom is 0.325 e. The summed E-state index contributed by atoms with van der Waals surface area (Å²) < 4.78 is 4.75. The number of benzene rings is 1. The maximum absolute atomic E-state index is 11.6. The van der Waals surface area contributed by atoms with E-state index < -0.39 is 5.54 Å².